The molecule has 1 fully saturated rings. The maximum atomic E-state index is 11.9. The highest BCUT2D eigenvalue weighted by atomic mass is 16.4. The summed E-state index contributed by atoms with van der Waals surface area (Å²) in [6, 6.07) is -1.90. The van der Waals surface area contributed by atoms with Crippen LogP contribution in [0.3, 0.4) is 0 Å². The summed E-state index contributed by atoms with van der Waals surface area (Å²) in [6.07, 6.45) is 0.404. The van der Waals surface area contributed by atoms with E-state index in [4.69, 9.17) is 10.2 Å². The number of hydrogen-bond donors (Lipinski definition) is 3. The molecule has 108 valence electrons. The van der Waals surface area contributed by atoms with Crippen LogP contribution in [0.4, 0.5) is 4.79 Å². The minimum absolute atomic E-state index is 0.359. The molecule has 19 heavy (non-hydrogen) atoms. The molecule has 0 aromatic heterocycles. The van der Waals surface area contributed by atoms with Crippen molar-refractivity contribution in [3.63, 3.8) is 0 Å². The molecule has 1 aliphatic heterocycles. The topological polar surface area (TPSA) is 107 Å². The van der Waals surface area contributed by atoms with Gasteiger partial charge in [-0.25, -0.2) is 9.59 Å². The number of carboxylic acid groups (broad SMARTS) is 2. The first kappa shape index (κ1) is 15.3. The van der Waals surface area contributed by atoms with Gasteiger partial charge in [0, 0.05) is 13.1 Å². The lowest BCUT2D eigenvalue weighted by molar-refractivity contribution is -0.145. The Morgan fingerprint density at radius 2 is 1.74 bits per heavy atom. The number of nitrogens with one attached hydrogen (secondary N) is 1. The third kappa shape index (κ3) is 4.76. The largest absolute Gasteiger partial charge is 0.481 e. The van der Waals surface area contributed by atoms with E-state index >= 15 is 0 Å². The molecule has 3 atom stereocenters. The molecule has 0 radical (unpaired) electrons. The van der Waals surface area contributed by atoms with Gasteiger partial charge in [-0.3, -0.25) is 4.79 Å². The van der Waals surface area contributed by atoms with Crippen molar-refractivity contribution in [2.75, 3.05) is 13.1 Å². The van der Waals surface area contributed by atoms with E-state index in [-0.39, 0.29) is 0 Å². The van der Waals surface area contributed by atoms with E-state index in [9.17, 15) is 14.4 Å². The Morgan fingerprint density at radius 1 is 1.21 bits per heavy atom. The molecular formula is C12H20N2O5. The second-order valence-corrected chi connectivity index (χ2v) is 5.29. The first-order valence-corrected chi connectivity index (χ1v) is 6.29. The first-order chi connectivity index (χ1) is 8.79. The van der Waals surface area contributed by atoms with Crippen LogP contribution >= 0.6 is 0 Å². The van der Waals surface area contributed by atoms with Crippen molar-refractivity contribution in [1.82, 2.24) is 10.2 Å². The highest BCUT2D eigenvalue weighted by Gasteiger charge is 2.29. The van der Waals surface area contributed by atoms with Crippen LogP contribution in [0.25, 0.3) is 0 Å². The molecule has 3 unspecified atom stereocenters. The first-order valence-electron chi connectivity index (χ1n) is 6.29. The standard InChI is InChI=1S/C12H20N2O5/c1-7-3-8(2)6-14(5-7)12(19)13-9(11(17)18)4-10(15)16/h7-9H,3-6H2,1-2H3,(H,13,19)(H,15,16)(H,17,18). The van der Waals surface area contributed by atoms with E-state index in [1.165, 1.54) is 0 Å². The highest BCUT2D eigenvalue weighted by Crippen LogP contribution is 2.20. The number of carbonyl (C=O) groups excluding carboxylic acids is 1. The zero-order valence-corrected chi connectivity index (χ0v) is 11.1. The maximum Gasteiger partial charge on any atom is 0.326 e. The number of hydrogen-bond acceptors (Lipinski definition) is 3. The van der Waals surface area contributed by atoms with E-state index in [0.29, 0.717) is 24.9 Å². The molecule has 1 saturated heterocycles. The lowest BCUT2D eigenvalue weighted by atomic mass is 9.92. The number of piperidine rings is 1. The van der Waals surface area contributed by atoms with E-state index in [0.717, 1.165) is 6.42 Å². The van der Waals surface area contributed by atoms with Gasteiger partial charge in [0.05, 0.1) is 6.42 Å². The summed E-state index contributed by atoms with van der Waals surface area (Å²) in [7, 11) is 0. The number of carbonyl (C=O) groups is 3. The van der Waals surface area contributed by atoms with E-state index in [1.807, 2.05) is 13.8 Å². The van der Waals surface area contributed by atoms with Gasteiger partial charge in [0.15, 0.2) is 0 Å². The van der Waals surface area contributed by atoms with Crippen molar-refractivity contribution in [2.24, 2.45) is 11.8 Å². The van der Waals surface area contributed by atoms with Gasteiger partial charge < -0.3 is 20.4 Å². The lowest BCUT2D eigenvalue weighted by Gasteiger charge is -2.35. The minimum Gasteiger partial charge on any atom is -0.481 e. The van der Waals surface area contributed by atoms with Crippen LogP contribution in [0.2, 0.25) is 0 Å². The third-order valence-electron chi connectivity index (χ3n) is 3.13. The number of nitrogens with zero attached hydrogens (tertiary/aromatic N) is 1. The zero-order valence-electron chi connectivity index (χ0n) is 11.1. The summed E-state index contributed by atoms with van der Waals surface area (Å²) in [4.78, 5) is 34.9. The number of aliphatic carboxylic acids is 2. The monoisotopic (exact) mass is 272 g/mol. The molecule has 0 aliphatic carbocycles. The van der Waals surface area contributed by atoms with Gasteiger partial charge in [-0.2, -0.15) is 0 Å². The second-order valence-electron chi connectivity index (χ2n) is 5.29. The van der Waals surface area contributed by atoms with Crippen LogP contribution in [-0.2, 0) is 9.59 Å². The minimum atomic E-state index is -1.39. The predicted octanol–water partition coefficient (Wildman–Crippen LogP) is 0.602. The number of amides is 2. The maximum absolute atomic E-state index is 11.9. The molecule has 2 amide bonds. The zero-order chi connectivity index (χ0) is 14.6. The van der Waals surface area contributed by atoms with Crippen molar-refractivity contribution >= 4 is 18.0 Å². The predicted molar refractivity (Wildman–Crippen MR) is 66.7 cm³/mol. The van der Waals surface area contributed by atoms with Crippen LogP contribution in [0.15, 0.2) is 0 Å². The normalized spacial score (nSPS) is 24.6. The fourth-order valence-electron chi connectivity index (χ4n) is 2.44. The van der Waals surface area contributed by atoms with Gasteiger partial charge in [0.2, 0.25) is 0 Å². The van der Waals surface area contributed by atoms with Crippen molar-refractivity contribution < 1.29 is 24.6 Å². The van der Waals surface area contributed by atoms with Gasteiger partial charge >= 0.3 is 18.0 Å². The fourth-order valence-corrected chi connectivity index (χ4v) is 2.44. The van der Waals surface area contributed by atoms with Gasteiger partial charge in [-0.05, 0) is 18.3 Å². The Kier molecular flexibility index (Phi) is 5.14. The number of carboxylic acids is 2. The molecule has 7 heteroatoms. The number of likely N-dealkylation sites (tertiary alicyclic amines) is 1. The summed E-state index contributed by atoms with van der Waals surface area (Å²) in [5.74, 6) is -1.88. The molecule has 0 aromatic carbocycles. The smallest absolute Gasteiger partial charge is 0.326 e. The summed E-state index contributed by atoms with van der Waals surface area (Å²) >= 11 is 0. The van der Waals surface area contributed by atoms with Crippen molar-refractivity contribution in [2.45, 2.75) is 32.7 Å². The van der Waals surface area contributed by atoms with Crippen molar-refractivity contribution in [3.05, 3.63) is 0 Å². The summed E-state index contributed by atoms with van der Waals surface area (Å²) in [5.41, 5.74) is 0. The van der Waals surface area contributed by atoms with E-state index < -0.39 is 30.4 Å². The number of urea groups is 1. The molecule has 7 nitrogen and oxygen atoms in total. The lowest BCUT2D eigenvalue weighted by Crippen LogP contribution is -2.52. The van der Waals surface area contributed by atoms with Crippen LogP contribution in [0, 0.1) is 11.8 Å². The number of rotatable bonds is 4. The van der Waals surface area contributed by atoms with Crippen LogP contribution in [0.5, 0.6) is 0 Å². The van der Waals surface area contributed by atoms with Crippen molar-refractivity contribution in [3.8, 4) is 0 Å². The summed E-state index contributed by atoms with van der Waals surface area (Å²) < 4.78 is 0. The van der Waals surface area contributed by atoms with Gasteiger partial charge in [0.1, 0.15) is 6.04 Å². The molecule has 0 saturated carbocycles. The molecule has 1 rings (SSSR count). The quantitative estimate of drug-likeness (QED) is 0.694. The van der Waals surface area contributed by atoms with E-state index in [2.05, 4.69) is 5.32 Å². The average Bonchev–Trinajstić information content (AvgIpc) is 2.25. The Hall–Kier alpha value is -1.79. The van der Waals surface area contributed by atoms with E-state index in [1.54, 1.807) is 4.90 Å². The Labute approximate surface area is 111 Å². The molecular weight excluding hydrogens is 252 g/mol. The summed E-state index contributed by atoms with van der Waals surface area (Å²) in [6.45, 7) is 5.19. The van der Waals surface area contributed by atoms with Crippen LogP contribution in [-0.4, -0.2) is 52.2 Å². The average molecular weight is 272 g/mol. The molecule has 1 heterocycles. The summed E-state index contributed by atoms with van der Waals surface area (Å²) in [5, 5.41) is 19.8. The van der Waals surface area contributed by atoms with Gasteiger partial charge in [-0.1, -0.05) is 13.8 Å². The van der Waals surface area contributed by atoms with Gasteiger partial charge in [-0.15, -0.1) is 0 Å². The third-order valence-corrected chi connectivity index (χ3v) is 3.13. The van der Waals surface area contributed by atoms with Gasteiger partial charge in [0.25, 0.3) is 0 Å². The molecule has 3 N–H and O–H groups in total. The molecule has 0 bridgehead atoms. The van der Waals surface area contributed by atoms with Crippen LogP contribution in [0.1, 0.15) is 26.7 Å². The molecule has 1 aliphatic rings. The SMILES string of the molecule is CC1CC(C)CN(C(=O)NC(CC(=O)O)C(=O)O)C1. The molecule has 0 aromatic rings. The second kappa shape index (κ2) is 6.40. The Bertz CT molecular complexity index is 361. The fraction of sp³-hybridized carbons (Fsp3) is 0.750. The molecule has 0 spiro atoms. The Morgan fingerprint density at radius 3 is 2.16 bits per heavy atom. The highest BCUT2D eigenvalue weighted by molar-refractivity contribution is 5.86. The van der Waals surface area contributed by atoms with Crippen LogP contribution < -0.4 is 5.32 Å². The Balaban J connectivity index is 2.61. The van der Waals surface area contributed by atoms with Crippen molar-refractivity contribution in [1.29, 1.82) is 0 Å².